The molecule has 0 unspecified atom stereocenters. The van der Waals surface area contributed by atoms with E-state index in [2.05, 4.69) is 45.7 Å². The van der Waals surface area contributed by atoms with Gasteiger partial charge in [0.05, 0.1) is 0 Å². The van der Waals surface area contributed by atoms with Gasteiger partial charge in [-0.1, -0.05) is 18.6 Å². The molecule has 13 heavy (non-hydrogen) atoms. The summed E-state index contributed by atoms with van der Waals surface area (Å²) in [5.41, 5.74) is 6.75. The Labute approximate surface area is 80.9 Å². The zero-order chi connectivity index (χ0) is 10.0. The minimum Gasteiger partial charge on any atom is -0.362 e. The molecule has 1 N–H and O–H groups in total. The molecule has 1 aromatic rings. The Kier molecular flexibility index (Phi) is 2.97. The molecule has 0 saturated carbocycles. The Morgan fingerprint density at radius 2 is 1.85 bits per heavy atom. The monoisotopic (exact) mass is 177 g/mol. The SMILES string of the molecule is CC/C(C)=C\c1c(C)[nH]c(C)c1C. The second-order valence-electron chi connectivity index (χ2n) is 3.76. The molecular weight excluding hydrogens is 158 g/mol. The van der Waals surface area contributed by atoms with Crippen LogP contribution in [-0.2, 0) is 0 Å². The lowest BCUT2D eigenvalue weighted by Crippen LogP contribution is -1.80. The number of rotatable bonds is 2. The summed E-state index contributed by atoms with van der Waals surface area (Å²) >= 11 is 0. The smallest absolute Gasteiger partial charge is 0.0193 e. The van der Waals surface area contributed by atoms with Crippen LogP contribution in [0.3, 0.4) is 0 Å². The highest BCUT2D eigenvalue weighted by atomic mass is 14.7. The third kappa shape index (κ3) is 2.03. The summed E-state index contributed by atoms with van der Waals surface area (Å²) in [5, 5.41) is 0. The maximum Gasteiger partial charge on any atom is 0.0193 e. The van der Waals surface area contributed by atoms with E-state index in [1.54, 1.807) is 0 Å². The van der Waals surface area contributed by atoms with Crippen LogP contribution < -0.4 is 0 Å². The van der Waals surface area contributed by atoms with E-state index >= 15 is 0 Å². The summed E-state index contributed by atoms with van der Waals surface area (Å²) in [6, 6.07) is 0. The first-order chi connectivity index (χ1) is 6.06. The van der Waals surface area contributed by atoms with Gasteiger partial charge in [-0.25, -0.2) is 0 Å². The van der Waals surface area contributed by atoms with Gasteiger partial charge in [0.2, 0.25) is 0 Å². The number of allylic oxidation sites excluding steroid dienone is 1. The number of aromatic amines is 1. The van der Waals surface area contributed by atoms with Gasteiger partial charge in [0.1, 0.15) is 0 Å². The van der Waals surface area contributed by atoms with Crippen LogP contribution in [0, 0.1) is 20.8 Å². The number of hydrogen-bond acceptors (Lipinski definition) is 0. The first kappa shape index (κ1) is 10.1. The minimum absolute atomic E-state index is 1.13. The summed E-state index contributed by atoms with van der Waals surface area (Å²) in [6.45, 7) is 10.8. The predicted molar refractivity (Wildman–Crippen MR) is 58.9 cm³/mol. The zero-order valence-electron chi connectivity index (χ0n) is 9.28. The number of nitrogens with one attached hydrogen (secondary N) is 1. The zero-order valence-corrected chi connectivity index (χ0v) is 9.28. The largest absolute Gasteiger partial charge is 0.362 e. The van der Waals surface area contributed by atoms with Gasteiger partial charge < -0.3 is 4.98 Å². The molecule has 1 rings (SSSR count). The Balaban J connectivity index is 3.14. The lowest BCUT2D eigenvalue weighted by molar-refractivity contribution is 1.11. The highest BCUT2D eigenvalue weighted by Gasteiger charge is 2.05. The molecule has 0 amide bonds. The van der Waals surface area contributed by atoms with Crippen molar-refractivity contribution in [2.45, 2.75) is 41.0 Å². The molecule has 0 atom stereocenters. The molecule has 0 radical (unpaired) electrons. The molecule has 0 aliphatic carbocycles. The van der Waals surface area contributed by atoms with Crippen LogP contribution in [0.4, 0.5) is 0 Å². The standard InChI is InChI=1S/C12H19N/c1-6-8(2)7-12-9(3)10(4)13-11(12)5/h7,13H,6H2,1-5H3/b8-7-. The van der Waals surface area contributed by atoms with Crippen molar-refractivity contribution >= 4 is 6.08 Å². The van der Waals surface area contributed by atoms with Gasteiger partial charge in [0, 0.05) is 11.4 Å². The second kappa shape index (κ2) is 3.82. The van der Waals surface area contributed by atoms with E-state index < -0.39 is 0 Å². The van der Waals surface area contributed by atoms with Crippen molar-refractivity contribution in [1.29, 1.82) is 0 Å². The first-order valence-corrected chi connectivity index (χ1v) is 4.89. The van der Waals surface area contributed by atoms with Crippen LogP contribution in [-0.4, -0.2) is 4.98 Å². The summed E-state index contributed by atoms with van der Waals surface area (Å²) in [6.07, 6.45) is 3.41. The van der Waals surface area contributed by atoms with Gasteiger partial charge in [-0.3, -0.25) is 0 Å². The molecule has 1 heterocycles. The van der Waals surface area contributed by atoms with E-state index in [1.807, 2.05) is 0 Å². The van der Waals surface area contributed by atoms with Crippen molar-refractivity contribution in [3.8, 4) is 0 Å². The van der Waals surface area contributed by atoms with Gasteiger partial charge in [-0.05, 0) is 45.2 Å². The summed E-state index contributed by atoms with van der Waals surface area (Å²) < 4.78 is 0. The highest BCUT2D eigenvalue weighted by molar-refractivity contribution is 5.60. The normalized spacial score (nSPS) is 12.2. The molecular formula is C12H19N. The van der Waals surface area contributed by atoms with E-state index in [4.69, 9.17) is 0 Å². The lowest BCUT2D eigenvalue weighted by atomic mass is 10.1. The van der Waals surface area contributed by atoms with Crippen LogP contribution in [0.15, 0.2) is 5.57 Å². The summed E-state index contributed by atoms with van der Waals surface area (Å²) in [7, 11) is 0. The molecule has 0 fully saturated rings. The second-order valence-corrected chi connectivity index (χ2v) is 3.76. The number of H-pyrrole nitrogens is 1. The number of aromatic nitrogens is 1. The molecule has 0 aliphatic heterocycles. The Morgan fingerprint density at radius 3 is 2.23 bits per heavy atom. The van der Waals surface area contributed by atoms with Gasteiger partial charge in [0.25, 0.3) is 0 Å². The van der Waals surface area contributed by atoms with Crippen molar-refractivity contribution in [1.82, 2.24) is 4.98 Å². The van der Waals surface area contributed by atoms with Crippen molar-refractivity contribution in [2.75, 3.05) is 0 Å². The highest BCUT2D eigenvalue weighted by Crippen LogP contribution is 2.20. The molecule has 0 aromatic carbocycles. The van der Waals surface area contributed by atoms with E-state index in [0.29, 0.717) is 0 Å². The third-order valence-corrected chi connectivity index (χ3v) is 2.69. The Hall–Kier alpha value is -0.980. The minimum atomic E-state index is 1.13. The summed E-state index contributed by atoms with van der Waals surface area (Å²) in [5.74, 6) is 0. The van der Waals surface area contributed by atoms with E-state index in [-0.39, 0.29) is 0 Å². The van der Waals surface area contributed by atoms with Crippen molar-refractivity contribution in [2.24, 2.45) is 0 Å². The first-order valence-electron chi connectivity index (χ1n) is 4.89. The Bertz CT molecular complexity index is 329. The topological polar surface area (TPSA) is 15.8 Å². The van der Waals surface area contributed by atoms with Crippen LogP contribution in [0.1, 0.15) is 42.8 Å². The molecule has 0 bridgehead atoms. The molecule has 0 saturated heterocycles. The fourth-order valence-electron chi connectivity index (χ4n) is 1.49. The molecule has 1 heteroatoms. The molecule has 72 valence electrons. The predicted octanol–water partition coefficient (Wildman–Crippen LogP) is 3.75. The molecule has 1 aromatic heterocycles. The van der Waals surface area contributed by atoms with Crippen LogP contribution >= 0.6 is 0 Å². The lowest BCUT2D eigenvalue weighted by Gasteiger charge is -1.98. The van der Waals surface area contributed by atoms with Gasteiger partial charge in [-0.15, -0.1) is 0 Å². The van der Waals surface area contributed by atoms with Gasteiger partial charge >= 0.3 is 0 Å². The van der Waals surface area contributed by atoms with E-state index in [0.717, 1.165) is 6.42 Å². The van der Waals surface area contributed by atoms with Crippen LogP contribution in [0.25, 0.3) is 6.08 Å². The maximum absolute atomic E-state index is 3.36. The van der Waals surface area contributed by atoms with Gasteiger partial charge in [-0.2, -0.15) is 0 Å². The molecule has 0 aliphatic rings. The number of aryl methyl sites for hydroxylation is 2. The van der Waals surface area contributed by atoms with Crippen molar-refractivity contribution < 1.29 is 0 Å². The fourth-order valence-corrected chi connectivity index (χ4v) is 1.49. The maximum atomic E-state index is 3.36. The van der Waals surface area contributed by atoms with Crippen molar-refractivity contribution in [3.05, 3.63) is 28.1 Å². The molecule has 0 spiro atoms. The summed E-state index contributed by atoms with van der Waals surface area (Å²) in [4.78, 5) is 3.36. The van der Waals surface area contributed by atoms with Gasteiger partial charge in [0.15, 0.2) is 0 Å². The average molecular weight is 177 g/mol. The van der Waals surface area contributed by atoms with E-state index in [1.165, 1.54) is 28.1 Å². The number of hydrogen-bond donors (Lipinski definition) is 1. The average Bonchev–Trinajstić information content (AvgIpc) is 2.32. The van der Waals surface area contributed by atoms with E-state index in [9.17, 15) is 0 Å². The Morgan fingerprint density at radius 1 is 1.23 bits per heavy atom. The quantitative estimate of drug-likeness (QED) is 0.708. The fraction of sp³-hybridized carbons (Fsp3) is 0.500. The molecule has 1 nitrogen and oxygen atoms in total. The van der Waals surface area contributed by atoms with Crippen LogP contribution in [0.2, 0.25) is 0 Å². The van der Waals surface area contributed by atoms with Crippen molar-refractivity contribution in [3.63, 3.8) is 0 Å². The van der Waals surface area contributed by atoms with Crippen LogP contribution in [0.5, 0.6) is 0 Å². The third-order valence-electron chi connectivity index (χ3n) is 2.69.